The second-order valence-corrected chi connectivity index (χ2v) is 8.29. The average Bonchev–Trinajstić information content (AvgIpc) is 2.41. The highest BCUT2D eigenvalue weighted by Gasteiger charge is 2.20. The van der Waals surface area contributed by atoms with Crippen LogP contribution in [0.3, 0.4) is 0 Å². The van der Waals surface area contributed by atoms with Crippen molar-refractivity contribution in [1.29, 1.82) is 0 Å². The van der Waals surface area contributed by atoms with Gasteiger partial charge in [0.1, 0.15) is 6.61 Å². The summed E-state index contributed by atoms with van der Waals surface area (Å²) in [7, 11) is -4.27. The first-order chi connectivity index (χ1) is 10.7. The predicted octanol–water partition coefficient (Wildman–Crippen LogP) is 3.24. The maximum atomic E-state index is 11.4. The fourth-order valence-electron chi connectivity index (χ4n) is 2.29. The van der Waals surface area contributed by atoms with Gasteiger partial charge in [0.2, 0.25) is 0 Å². The molecule has 0 aromatic carbocycles. The average molecular weight is 352 g/mol. The Labute approximate surface area is 139 Å². The summed E-state index contributed by atoms with van der Waals surface area (Å²) in [6.45, 7) is 4.12. The Kier molecular flexibility index (Phi) is 12.7. The molecule has 0 aliphatic heterocycles. The number of hydrogen-bond acceptors (Lipinski definition) is 4. The molecule has 0 rings (SSSR count). The third kappa shape index (κ3) is 17.8. The molecule has 0 aromatic rings. The summed E-state index contributed by atoms with van der Waals surface area (Å²) in [4.78, 5) is 28.8. The van der Waals surface area contributed by atoms with E-state index in [4.69, 9.17) is 14.5 Å². The third-order valence-electron chi connectivity index (χ3n) is 3.55. The van der Waals surface area contributed by atoms with Crippen LogP contribution in [-0.2, 0) is 14.1 Å². The number of esters is 1. The van der Waals surface area contributed by atoms with Crippen molar-refractivity contribution in [2.24, 2.45) is 5.92 Å². The van der Waals surface area contributed by atoms with Crippen molar-refractivity contribution in [2.75, 3.05) is 12.8 Å². The second kappa shape index (κ2) is 12.9. The van der Waals surface area contributed by atoms with E-state index < -0.39 is 25.8 Å². The summed E-state index contributed by atoms with van der Waals surface area (Å²) in [6.07, 6.45) is 7.41. The first-order valence-corrected chi connectivity index (χ1v) is 10.4. The molecule has 0 amide bonds. The third-order valence-corrected chi connectivity index (χ3v) is 4.44. The van der Waals surface area contributed by atoms with Crippen LogP contribution in [0.2, 0.25) is 0 Å². The molecule has 0 heterocycles. The van der Waals surface area contributed by atoms with Gasteiger partial charge in [-0.05, 0) is 12.3 Å². The normalized spacial score (nSPS) is 13.3. The van der Waals surface area contributed by atoms with Crippen LogP contribution in [0.15, 0.2) is 0 Å². The molecule has 0 bridgehead atoms. The van der Waals surface area contributed by atoms with Gasteiger partial charge in [-0.1, -0.05) is 58.8 Å². The van der Waals surface area contributed by atoms with E-state index in [1.165, 1.54) is 32.1 Å². The van der Waals surface area contributed by atoms with Crippen molar-refractivity contribution >= 4 is 13.6 Å². The van der Waals surface area contributed by atoms with Crippen LogP contribution in [0.25, 0.3) is 0 Å². The lowest BCUT2D eigenvalue weighted by atomic mass is 10.0. The van der Waals surface area contributed by atoms with E-state index in [-0.39, 0.29) is 13.0 Å². The van der Waals surface area contributed by atoms with Gasteiger partial charge < -0.3 is 19.6 Å². The maximum absolute atomic E-state index is 11.4. The molecule has 6 nitrogen and oxygen atoms in total. The molecule has 3 N–H and O–H groups in total. The lowest BCUT2D eigenvalue weighted by Gasteiger charge is -2.12. The minimum atomic E-state index is -4.27. The van der Waals surface area contributed by atoms with Gasteiger partial charge in [0.05, 0.1) is 12.3 Å². The monoisotopic (exact) mass is 352 g/mol. The number of rotatable bonds is 14. The highest BCUT2D eigenvalue weighted by atomic mass is 31.2. The van der Waals surface area contributed by atoms with E-state index in [9.17, 15) is 14.5 Å². The molecule has 0 radical (unpaired) electrons. The Balaban J connectivity index is 3.42. The van der Waals surface area contributed by atoms with E-state index >= 15 is 0 Å². The number of hydrogen-bond donors (Lipinski definition) is 3. The minimum Gasteiger partial charge on any atom is -0.463 e. The fourth-order valence-corrected chi connectivity index (χ4v) is 2.95. The standard InChI is InChI=1S/C16H33O6P/c1-14(2)10-8-6-4-3-5-7-9-11-16(18)22-12-15(17)13-23(19,20)21/h14-15,17H,3-13H2,1-2H3,(H2,19,20,21). The summed E-state index contributed by atoms with van der Waals surface area (Å²) < 4.78 is 15.5. The maximum Gasteiger partial charge on any atom is 0.328 e. The number of carbonyl (C=O) groups is 1. The smallest absolute Gasteiger partial charge is 0.328 e. The molecule has 0 aliphatic rings. The summed E-state index contributed by atoms with van der Waals surface area (Å²) in [5.41, 5.74) is 0. The molecule has 23 heavy (non-hydrogen) atoms. The van der Waals surface area contributed by atoms with E-state index in [0.717, 1.165) is 25.2 Å². The zero-order valence-corrected chi connectivity index (χ0v) is 15.3. The van der Waals surface area contributed by atoms with Gasteiger partial charge in [0.25, 0.3) is 0 Å². The summed E-state index contributed by atoms with van der Waals surface area (Å²) in [6, 6.07) is 0. The zero-order chi connectivity index (χ0) is 17.7. The quantitative estimate of drug-likeness (QED) is 0.252. The summed E-state index contributed by atoms with van der Waals surface area (Å²) in [5.74, 6) is 0.355. The van der Waals surface area contributed by atoms with Gasteiger partial charge in [-0.3, -0.25) is 9.36 Å². The second-order valence-electron chi connectivity index (χ2n) is 6.59. The van der Waals surface area contributed by atoms with Crippen molar-refractivity contribution in [2.45, 2.75) is 77.7 Å². The van der Waals surface area contributed by atoms with Gasteiger partial charge in [-0.25, -0.2) is 0 Å². The number of unbranched alkanes of at least 4 members (excludes halogenated alkanes) is 6. The van der Waals surface area contributed by atoms with Crippen LogP contribution in [0.5, 0.6) is 0 Å². The van der Waals surface area contributed by atoms with Crippen LogP contribution < -0.4 is 0 Å². The molecule has 138 valence electrons. The SMILES string of the molecule is CC(C)CCCCCCCCCC(=O)OCC(O)CP(=O)(O)O. The first kappa shape index (κ1) is 22.6. The number of ether oxygens (including phenoxy) is 1. The molecule has 1 unspecified atom stereocenters. The van der Waals surface area contributed by atoms with Gasteiger partial charge in [-0.2, -0.15) is 0 Å². The van der Waals surface area contributed by atoms with Crippen molar-refractivity contribution in [3.63, 3.8) is 0 Å². The highest BCUT2D eigenvalue weighted by Crippen LogP contribution is 2.34. The Hall–Kier alpha value is -0.420. The van der Waals surface area contributed by atoms with Gasteiger partial charge in [0, 0.05) is 6.42 Å². The van der Waals surface area contributed by atoms with Crippen LogP contribution in [0.1, 0.15) is 71.6 Å². The van der Waals surface area contributed by atoms with Crippen LogP contribution in [0, 0.1) is 5.92 Å². The van der Waals surface area contributed by atoms with Gasteiger partial charge in [-0.15, -0.1) is 0 Å². The van der Waals surface area contributed by atoms with Crippen LogP contribution in [-0.4, -0.2) is 39.7 Å². The van der Waals surface area contributed by atoms with E-state index in [0.29, 0.717) is 0 Å². The number of aliphatic hydroxyl groups excluding tert-OH is 1. The lowest BCUT2D eigenvalue weighted by Crippen LogP contribution is -2.22. The van der Waals surface area contributed by atoms with Gasteiger partial charge in [0.15, 0.2) is 0 Å². The molecule has 0 saturated carbocycles. The van der Waals surface area contributed by atoms with Crippen LogP contribution in [0.4, 0.5) is 0 Å². The fraction of sp³-hybridized carbons (Fsp3) is 0.938. The Bertz CT molecular complexity index is 352. The molecule has 0 saturated heterocycles. The molecule has 0 aromatic heterocycles. The first-order valence-electron chi connectivity index (χ1n) is 8.59. The van der Waals surface area contributed by atoms with Crippen molar-refractivity contribution < 1.29 is 29.0 Å². The Morgan fingerprint density at radius 2 is 1.52 bits per heavy atom. The summed E-state index contributed by atoms with van der Waals surface area (Å²) in [5, 5.41) is 9.31. The Morgan fingerprint density at radius 1 is 1.00 bits per heavy atom. The molecule has 0 aliphatic carbocycles. The lowest BCUT2D eigenvalue weighted by molar-refractivity contribution is -0.146. The van der Waals surface area contributed by atoms with Crippen molar-refractivity contribution in [3.05, 3.63) is 0 Å². The molecule has 0 spiro atoms. The largest absolute Gasteiger partial charge is 0.463 e. The Morgan fingerprint density at radius 3 is 2.04 bits per heavy atom. The molecule has 0 fully saturated rings. The summed E-state index contributed by atoms with van der Waals surface area (Å²) >= 11 is 0. The topological polar surface area (TPSA) is 104 Å². The molecular formula is C16H33O6P. The number of carbonyl (C=O) groups excluding carboxylic acids is 1. The molecular weight excluding hydrogens is 319 g/mol. The van der Waals surface area contributed by atoms with Gasteiger partial charge >= 0.3 is 13.6 Å². The minimum absolute atomic E-state index is 0.288. The van der Waals surface area contributed by atoms with E-state index in [1.807, 2.05) is 0 Å². The van der Waals surface area contributed by atoms with E-state index in [2.05, 4.69) is 13.8 Å². The molecule has 1 atom stereocenters. The van der Waals surface area contributed by atoms with Crippen LogP contribution >= 0.6 is 7.60 Å². The predicted molar refractivity (Wildman–Crippen MR) is 90.3 cm³/mol. The van der Waals surface area contributed by atoms with E-state index in [1.54, 1.807) is 0 Å². The molecule has 7 heteroatoms. The van der Waals surface area contributed by atoms with Crippen molar-refractivity contribution in [1.82, 2.24) is 0 Å². The number of aliphatic hydroxyl groups is 1. The van der Waals surface area contributed by atoms with Crippen molar-refractivity contribution in [3.8, 4) is 0 Å². The highest BCUT2D eigenvalue weighted by molar-refractivity contribution is 7.51. The zero-order valence-electron chi connectivity index (χ0n) is 14.4.